The molecule has 2 aromatic rings. The molecule has 2 heterocycles. The summed E-state index contributed by atoms with van der Waals surface area (Å²) in [6.45, 7) is 6.28. The van der Waals surface area contributed by atoms with E-state index in [1.165, 1.54) is 16.2 Å². The Labute approximate surface area is 332 Å². The van der Waals surface area contributed by atoms with Crippen LogP contribution >= 0.6 is 11.8 Å². The number of aromatic nitrogens is 2. The van der Waals surface area contributed by atoms with Crippen LogP contribution in [0.5, 0.6) is 0 Å². The number of H-pyrrole nitrogens is 1. The van der Waals surface area contributed by atoms with Crippen LogP contribution in [0.3, 0.4) is 0 Å². The summed E-state index contributed by atoms with van der Waals surface area (Å²) in [6, 6.07) is 6.57. The first kappa shape index (κ1) is 43.9. The Bertz CT molecular complexity index is 1450. The fourth-order valence-corrected chi connectivity index (χ4v) is 8.61. The highest BCUT2D eigenvalue weighted by Crippen LogP contribution is 2.29. The highest BCUT2D eigenvalue weighted by Gasteiger charge is 2.36. The van der Waals surface area contributed by atoms with Crippen molar-refractivity contribution in [2.45, 2.75) is 109 Å². The van der Waals surface area contributed by atoms with Gasteiger partial charge >= 0.3 is 12.1 Å². The highest BCUT2D eigenvalue weighted by molar-refractivity contribution is 7.99. The van der Waals surface area contributed by atoms with Gasteiger partial charge in [-0.3, -0.25) is 9.59 Å². The summed E-state index contributed by atoms with van der Waals surface area (Å²) in [5, 5.41) is 17.8. The van der Waals surface area contributed by atoms with E-state index in [0.717, 1.165) is 55.6 Å². The number of aliphatic hydroxyl groups excluding tert-OH is 1. The lowest BCUT2D eigenvalue weighted by atomic mass is 9.82. The average molecular weight is 783 g/mol. The number of amides is 6. The first-order valence-electron chi connectivity index (χ1n) is 20.4. The van der Waals surface area contributed by atoms with E-state index in [1.54, 1.807) is 38.6 Å². The van der Waals surface area contributed by atoms with Gasteiger partial charge in [0, 0.05) is 77.9 Å². The molecule has 1 aliphatic heterocycles. The van der Waals surface area contributed by atoms with Crippen LogP contribution in [0.1, 0.15) is 82.9 Å². The van der Waals surface area contributed by atoms with Gasteiger partial charge in [0.25, 0.3) is 0 Å². The molecule has 0 radical (unpaired) electrons. The lowest BCUT2D eigenvalue weighted by Gasteiger charge is -2.35. The molecular formula is C41H66N8O5S. The van der Waals surface area contributed by atoms with Gasteiger partial charge in [-0.2, -0.15) is 11.8 Å². The van der Waals surface area contributed by atoms with Crippen molar-refractivity contribution in [3.05, 3.63) is 54.1 Å². The minimum absolute atomic E-state index is 0.0573. The molecular weight excluding hydrogens is 717 g/mol. The summed E-state index contributed by atoms with van der Waals surface area (Å²) in [5.41, 5.74) is 1.47. The zero-order chi connectivity index (χ0) is 39.7. The van der Waals surface area contributed by atoms with Crippen molar-refractivity contribution in [3.8, 4) is 0 Å². The molecule has 13 nitrogen and oxygen atoms in total. The van der Waals surface area contributed by atoms with E-state index >= 15 is 0 Å². The number of hydrogen-bond acceptors (Lipinski definition) is 7. The Kier molecular flexibility index (Phi) is 18.1. The smallest absolute Gasteiger partial charge is 0.319 e. The molecule has 1 saturated heterocycles. The van der Waals surface area contributed by atoms with Gasteiger partial charge in [-0.05, 0) is 30.2 Å². The van der Waals surface area contributed by atoms with Gasteiger partial charge in [0.2, 0.25) is 11.8 Å². The number of benzene rings is 1. The van der Waals surface area contributed by atoms with Gasteiger partial charge in [0.1, 0.15) is 12.1 Å². The van der Waals surface area contributed by atoms with E-state index in [-0.39, 0.29) is 31.3 Å². The fourth-order valence-electron chi connectivity index (χ4n) is 7.71. The van der Waals surface area contributed by atoms with Crippen molar-refractivity contribution in [2.75, 3.05) is 58.8 Å². The van der Waals surface area contributed by atoms with Crippen molar-refractivity contribution in [1.29, 1.82) is 0 Å². The third-order valence-corrected chi connectivity index (χ3v) is 12.5. The van der Waals surface area contributed by atoms with Crippen LogP contribution in [-0.4, -0.2) is 142 Å². The minimum Gasteiger partial charge on any atom is -0.391 e. The van der Waals surface area contributed by atoms with Gasteiger partial charge in [-0.15, -0.1) is 0 Å². The molecule has 0 unspecified atom stereocenters. The number of carbonyl (C=O) groups is 4. The molecule has 55 heavy (non-hydrogen) atoms. The summed E-state index contributed by atoms with van der Waals surface area (Å²) in [6.07, 6.45) is 11.8. The molecule has 1 aliphatic carbocycles. The SMILES string of the molecule is CCC(CC)C[C@H](O)[C@H](CC1CCCCC1)NC(=O)[C@H](Cc1c[nH]cn1)N(C)C(=O)[C@H](Cc1ccccc1)NC(=O)N(C)CCN(C)C(=O)N1CCSCC1. The zero-order valence-electron chi connectivity index (χ0n) is 33.8. The van der Waals surface area contributed by atoms with Crippen LogP contribution in [0.25, 0.3) is 0 Å². The van der Waals surface area contributed by atoms with E-state index < -0.39 is 36.2 Å². The molecule has 4 N–H and O–H groups in total. The van der Waals surface area contributed by atoms with Crippen molar-refractivity contribution in [3.63, 3.8) is 0 Å². The number of rotatable bonds is 19. The van der Waals surface area contributed by atoms with Gasteiger partial charge in [-0.25, -0.2) is 14.6 Å². The number of nitrogens with zero attached hydrogens (tertiary/aromatic N) is 5. The van der Waals surface area contributed by atoms with Gasteiger partial charge < -0.3 is 40.3 Å². The predicted octanol–water partition coefficient (Wildman–Crippen LogP) is 4.77. The normalized spacial score (nSPS) is 17.2. The molecule has 1 saturated carbocycles. The molecule has 4 atom stereocenters. The van der Waals surface area contributed by atoms with Gasteiger partial charge in [-0.1, -0.05) is 89.1 Å². The van der Waals surface area contributed by atoms with Crippen LogP contribution in [-0.2, 0) is 22.4 Å². The predicted molar refractivity (Wildman–Crippen MR) is 219 cm³/mol. The van der Waals surface area contributed by atoms with Gasteiger partial charge in [0.15, 0.2) is 0 Å². The Hall–Kier alpha value is -3.78. The zero-order valence-corrected chi connectivity index (χ0v) is 34.6. The van der Waals surface area contributed by atoms with Crippen molar-refractivity contribution in [2.24, 2.45) is 11.8 Å². The molecule has 6 amide bonds. The number of imidazole rings is 1. The molecule has 14 heteroatoms. The minimum atomic E-state index is -0.986. The Morgan fingerprint density at radius 3 is 2.25 bits per heavy atom. The molecule has 2 fully saturated rings. The van der Waals surface area contributed by atoms with Gasteiger partial charge in [0.05, 0.1) is 24.2 Å². The third-order valence-electron chi connectivity index (χ3n) is 11.5. The second-order valence-electron chi connectivity index (χ2n) is 15.5. The number of likely N-dealkylation sites (N-methyl/N-ethyl adjacent to an activating group) is 3. The fraction of sp³-hybridized carbons (Fsp3) is 0.683. The quantitative estimate of drug-likeness (QED) is 0.160. The molecule has 2 aliphatic rings. The summed E-state index contributed by atoms with van der Waals surface area (Å²) in [4.78, 5) is 69.3. The molecule has 0 bridgehead atoms. The molecule has 306 valence electrons. The van der Waals surface area contributed by atoms with Crippen LogP contribution in [0.2, 0.25) is 0 Å². The number of aliphatic hydroxyl groups is 1. The first-order valence-corrected chi connectivity index (χ1v) is 21.5. The van der Waals surface area contributed by atoms with Crippen molar-refractivity contribution in [1.82, 2.24) is 40.2 Å². The number of carbonyl (C=O) groups excluding carboxylic acids is 4. The Morgan fingerprint density at radius 2 is 1.62 bits per heavy atom. The number of hydrogen-bond donors (Lipinski definition) is 4. The molecule has 1 aromatic carbocycles. The number of aromatic amines is 1. The number of nitrogens with one attached hydrogen (secondary N) is 3. The standard InChI is InChI=1S/C41H66N8O5S/c1-6-30(7-2)26-37(50)34(24-31-14-10-8-11-15-31)44-38(51)36(27-33-28-42-29-43-33)48(5)39(52)35(25-32-16-12-9-13-17-32)45-40(53)46(3)18-19-47(4)41(54)49-20-22-55-23-21-49/h9,12-13,16-17,28-31,34-37,50H,6-8,10-11,14-15,18-27H2,1-5H3,(H,42,43)(H,44,51)(H,45,53)/t34-,35-,36-,37-/m0/s1. The molecule has 4 rings (SSSR count). The molecule has 1 aromatic heterocycles. The summed E-state index contributed by atoms with van der Waals surface area (Å²) >= 11 is 1.84. The summed E-state index contributed by atoms with van der Waals surface area (Å²) < 4.78 is 0. The maximum absolute atomic E-state index is 14.5. The van der Waals surface area contributed by atoms with Crippen LogP contribution in [0.15, 0.2) is 42.9 Å². The third kappa shape index (κ3) is 13.7. The van der Waals surface area contributed by atoms with E-state index in [0.29, 0.717) is 50.0 Å². The van der Waals surface area contributed by atoms with E-state index in [4.69, 9.17) is 0 Å². The van der Waals surface area contributed by atoms with Crippen LogP contribution in [0.4, 0.5) is 9.59 Å². The second kappa shape index (κ2) is 22.7. The number of thioether (sulfide) groups is 1. The van der Waals surface area contributed by atoms with E-state index in [9.17, 15) is 24.3 Å². The van der Waals surface area contributed by atoms with Crippen LogP contribution in [0, 0.1) is 11.8 Å². The summed E-state index contributed by atoms with van der Waals surface area (Å²) in [5.74, 6) is 1.82. The lowest BCUT2D eigenvalue weighted by molar-refractivity contribution is -0.141. The maximum Gasteiger partial charge on any atom is 0.319 e. The second-order valence-corrected chi connectivity index (χ2v) is 16.7. The number of urea groups is 2. The van der Waals surface area contributed by atoms with Crippen molar-refractivity contribution < 1.29 is 24.3 Å². The van der Waals surface area contributed by atoms with E-state index in [2.05, 4.69) is 34.4 Å². The van der Waals surface area contributed by atoms with Crippen molar-refractivity contribution >= 4 is 35.6 Å². The average Bonchev–Trinajstić information content (AvgIpc) is 3.74. The Balaban J connectivity index is 1.52. The highest BCUT2D eigenvalue weighted by atomic mass is 32.2. The summed E-state index contributed by atoms with van der Waals surface area (Å²) in [7, 11) is 4.98. The van der Waals surface area contributed by atoms with E-state index in [1.807, 2.05) is 47.0 Å². The lowest BCUT2D eigenvalue weighted by Crippen LogP contribution is -2.59. The molecule has 0 spiro atoms. The largest absolute Gasteiger partial charge is 0.391 e. The monoisotopic (exact) mass is 782 g/mol. The Morgan fingerprint density at radius 1 is 0.945 bits per heavy atom. The first-order chi connectivity index (χ1) is 26.5. The maximum atomic E-state index is 14.5. The topological polar surface area (TPSA) is 154 Å². The van der Waals surface area contributed by atoms with Crippen LogP contribution < -0.4 is 10.6 Å².